The average molecular weight is 467 g/mol. The molecule has 1 atom stereocenters. The van der Waals surface area contributed by atoms with E-state index in [0.717, 1.165) is 62.6 Å². The summed E-state index contributed by atoms with van der Waals surface area (Å²) in [7, 11) is 0. The summed E-state index contributed by atoms with van der Waals surface area (Å²) in [5.74, 6) is 1.00. The molecule has 1 aliphatic rings. The number of nitrogens with one attached hydrogen (secondary N) is 2. The predicted octanol–water partition coefficient (Wildman–Crippen LogP) is 3.87. The van der Waals surface area contributed by atoms with Crippen molar-refractivity contribution in [1.29, 1.82) is 0 Å². The fourth-order valence-electron chi connectivity index (χ4n) is 4.51. The molecule has 4 rings (SSSR count). The van der Waals surface area contributed by atoms with E-state index in [1.807, 2.05) is 6.92 Å². The molecule has 10 heteroatoms. The average Bonchev–Trinajstić information content (AvgIpc) is 3.39. The van der Waals surface area contributed by atoms with E-state index in [9.17, 15) is 0 Å². The lowest BCUT2D eigenvalue weighted by atomic mass is 9.92. The third-order valence-corrected chi connectivity index (χ3v) is 6.27. The first-order chi connectivity index (χ1) is 16.7. The van der Waals surface area contributed by atoms with Crippen molar-refractivity contribution in [3.05, 3.63) is 42.0 Å². The van der Waals surface area contributed by atoms with Crippen LogP contribution in [0.3, 0.4) is 0 Å². The molecule has 182 valence electrons. The van der Waals surface area contributed by atoms with E-state index in [1.54, 1.807) is 12.4 Å². The van der Waals surface area contributed by atoms with Crippen molar-refractivity contribution in [2.45, 2.75) is 58.4 Å². The molecule has 0 unspecified atom stereocenters. The van der Waals surface area contributed by atoms with Gasteiger partial charge in [-0.1, -0.05) is 18.2 Å². The van der Waals surface area contributed by atoms with Crippen molar-refractivity contribution >= 4 is 17.1 Å². The monoisotopic (exact) mass is 466 g/mol. The number of nitrogens with zero attached hydrogens (tertiary/aromatic N) is 6. The summed E-state index contributed by atoms with van der Waals surface area (Å²) in [6.45, 7) is 9.37. The predicted molar refractivity (Wildman–Crippen MR) is 131 cm³/mol. The molecule has 0 saturated carbocycles. The van der Waals surface area contributed by atoms with Crippen LogP contribution in [0.15, 0.2) is 30.6 Å². The molecule has 0 amide bonds. The maximum Gasteiger partial charge on any atom is 0.316 e. The number of tetrazole rings is 1. The van der Waals surface area contributed by atoms with Gasteiger partial charge in [0.1, 0.15) is 0 Å². The summed E-state index contributed by atoms with van der Waals surface area (Å²) in [4.78, 5) is 11.1. The quantitative estimate of drug-likeness (QED) is 0.434. The highest BCUT2D eigenvalue weighted by Gasteiger charge is 2.24. The van der Waals surface area contributed by atoms with Crippen LogP contribution in [0.4, 0.5) is 17.1 Å². The fourth-order valence-corrected chi connectivity index (χ4v) is 4.51. The standard InChI is InChI=1S/C24H34N8O2/c1-4-17(14-23-28-30-31-29-23)18-7-8-22(32(5-2)20-9-11-33-12-10-20)21(13-18)27-19-15-25-24(26-16-19)34-6-3/h7-8,13,15-17,20,27H,4-6,9-12,14H2,1-3H3,(H,28,29,30,31)/t17-/m1/s1. The zero-order valence-electron chi connectivity index (χ0n) is 20.2. The second-order valence-corrected chi connectivity index (χ2v) is 8.36. The van der Waals surface area contributed by atoms with Crippen LogP contribution in [0.2, 0.25) is 0 Å². The molecule has 0 bridgehead atoms. The van der Waals surface area contributed by atoms with Crippen LogP contribution in [-0.2, 0) is 11.2 Å². The molecule has 10 nitrogen and oxygen atoms in total. The van der Waals surface area contributed by atoms with Gasteiger partial charge >= 0.3 is 6.01 Å². The second-order valence-electron chi connectivity index (χ2n) is 8.36. The van der Waals surface area contributed by atoms with Crippen molar-refractivity contribution in [2.75, 3.05) is 36.6 Å². The van der Waals surface area contributed by atoms with Crippen molar-refractivity contribution in [3.63, 3.8) is 0 Å². The minimum Gasteiger partial charge on any atom is -0.464 e. The molecule has 3 aromatic rings. The van der Waals surface area contributed by atoms with Crippen LogP contribution in [0.25, 0.3) is 0 Å². The number of ether oxygens (including phenoxy) is 2. The van der Waals surface area contributed by atoms with E-state index in [2.05, 4.69) is 72.9 Å². The molecule has 0 aliphatic carbocycles. The Labute approximate surface area is 200 Å². The molecule has 2 N–H and O–H groups in total. The first-order valence-electron chi connectivity index (χ1n) is 12.1. The number of rotatable bonds is 11. The molecule has 2 aromatic heterocycles. The van der Waals surface area contributed by atoms with Gasteiger partial charge in [0.15, 0.2) is 5.82 Å². The zero-order valence-corrected chi connectivity index (χ0v) is 20.2. The SMILES string of the molecule is CCOc1ncc(Nc2cc([C@H](CC)Cc3nn[nH]n3)ccc2N(CC)C2CCOCC2)cn1. The summed E-state index contributed by atoms with van der Waals surface area (Å²) < 4.78 is 11.0. The normalized spacial score (nSPS) is 15.1. The number of benzene rings is 1. The summed E-state index contributed by atoms with van der Waals surface area (Å²) in [5, 5.41) is 18.1. The van der Waals surface area contributed by atoms with Gasteiger partial charge in [0.25, 0.3) is 0 Å². The van der Waals surface area contributed by atoms with Crippen molar-refractivity contribution in [3.8, 4) is 6.01 Å². The first kappa shape index (κ1) is 23.9. The van der Waals surface area contributed by atoms with Gasteiger partial charge in [-0.15, -0.1) is 10.2 Å². The van der Waals surface area contributed by atoms with Gasteiger partial charge in [-0.3, -0.25) is 0 Å². The Hall–Kier alpha value is -3.27. The third kappa shape index (κ3) is 5.80. The van der Waals surface area contributed by atoms with Crippen molar-refractivity contribution in [1.82, 2.24) is 30.6 Å². The van der Waals surface area contributed by atoms with Gasteiger partial charge in [-0.2, -0.15) is 5.21 Å². The molecule has 1 fully saturated rings. The topological polar surface area (TPSA) is 114 Å². The second kappa shape index (κ2) is 11.7. The highest BCUT2D eigenvalue weighted by molar-refractivity contribution is 5.76. The Kier molecular flexibility index (Phi) is 8.24. The Morgan fingerprint density at radius 2 is 1.97 bits per heavy atom. The van der Waals surface area contributed by atoms with Crippen LogP contribution in [0.5, 0.6) is 6.01 Å². The van der Waals surface area contributed by atoms with Crippen LogP contribution < -0.4 is 15.0 Å². The summed E-state index contributed by atoms with van der Waals surface area (Å²) >= 11 is 0. The lowest BCUT2D eigenvalue weighted by molar-refractivity contribution is 0.0846. The van der Waals surface area contributed by atoms with Crippen LogP contribution in [0.1, 0.15) is 57.3 Å². The van der Waals surface area contributed by atoms with Crippen LogP contribution >= 0.6 is 0 Å². The number of aromatic amines is 1. The smallest absolute Gasteiger partial charge is 0.316 e. The first-order valence-corrected chi connectivity index (χ1v) is 12.1. The number of H-pyrrole nitrogens is 1. The molecule has 34 heavy (non-hydrogen) atoms. The Bertz CT molecular complexity index is 1010. The summed E-state index contributed by atoms with van der Waals surface area (Å²) in [6.07, 6.45) is 7.27. The van der Waals surface area contributed by atoms with E-state index in [0.29, 0.717) is 18.7 Å². The minimum absolute atomic E-state index is 0.280. The van der Waals surface area contributed by atoms with Crippen molar-refractivity contribution < 1.29 is 9.47 Å². The van der Waals surface area contributed by atoms with Crippen LogP contribution in [0, 0.1) is 0 Å². The molecule has 0 radical (unpaired) electrons. The number of hydrogen-bond donors (Lipinski definition) is 2. The lowest BCUT2D eigenvalue weighted by Crippen LogP contribution is -2.39. The van der Waals surface area contributed by atoms with E-state index < -0.39 is 0 Å². The van der Waals surface area contributed by atoms with E-state index in [1.165, 1.54) is 11.3 Å². The van der Waals surface area contributed by atoms with E-state index >= 15 is 0 Å². The van der Waals surface area contributed by atoms with Gasteiger partial charge in [0.05, 0.1) is 36.1 Å². The third-order valence-electron chi connectivity index (χ3n) is 6.27. The summed E-state index contributed by atoms with van der Waals surface area (Å²) in [6, 6.07) is 7.52. The molecule has 0 spiro atoms. The lowest BCUT2D eigenvalue weighted by Gasteiger charge is -2.37. The molecule has 1 aromatic carbocycles. The van der Waals surface area contributed by atoms with Gasteiger partial charge in [-0.05, 0) is 56.7 Å². The highest BCUT2D eigenvalue weighted by Crippen LogP contribution is 2.36. The van der Waals surface area contributed by atoms with Gasteiger partial charge in [-0.25, -0.2) is 9.97 Å². The molecule has 3 heterocycles. The van der Waals surface area contributed by atoms with Gasteiger partial charge < -0.3 is 19.7 Å². The fraction of sp³-hybridized carbons (Fsp3) is 0.542. The van der Waals surface area contributed by atoms with Crippen molar-refractivity contribution in [2.24, 2.45) is 0 Å². The maximum atomic E-state index is 5.61. The van der Waals surface area contributed by atoms with E-state index in [-0.39, 0.29) is 5.92 Å². The minimum atomic E-state index is 0.280. The van der Waals surface area contributed by atoms with Gasteiger partial charge in [0, 0.05) is 32.2 Å². The summed E-state index contributed by atoms with van der Waals surface area (Å²) in [5.41, 5.74) is 4.25. The Morgan fingerprint density at radius 1 is 1.18 bits per heavy atom. The Balaban J connectivity index is 1.66. The molecular formula is C24H34N8O2. The molecule has 1 saturated heterocycles. The maximum absolute atomic E-state index is 5.61. The van der Waals surface area contributed by atoms with E-state index in [4.69, 9.17) is 9.47 Å². The number of hydrogen-bond acceptors (Lipinski definition) is 9. The zero-order chi connectivity index (χ0) is 23.8. The Morgan fingerprint density at radius 3 is 2.62 bits per heavy atom. The molecule has 1 aliphatic heterocycles. The highest BCUT2D eigenvalue weighted by atomic mass is 16.5. The largest absolute Gasteiger partial charge is 0.464 e. The number of anilines is 3. The number of aromatic nitrogens is 6. The van der Waals surface area contributed by atoms with Gasteiger partial charge in [0.2, 0.25) is 0 Å². The van der Waals surface area contributed by atoms with Crippen LogP contribution in [-0.4, -0.2) is 63.0 Å². The molecular weight excluding hydrogens is 432 g/mol.